The average molecular weight is 513 g/mol. The van der Waals surface area contributed by atoms with Crippen molar-refractivity contribution in [1.82, 2.24) is 15.1 Å². The van der Waals surface area contributed by atoms with Gasteiger partial charge in [-0.25, -0.2) is 4.39 Å². The van der Waals surface area contributed by atoms with Crippen molar-refractivity contribution in [2.45, 2.75) is 12.3 Å². The quantitative estimate of drug-likeness (QED) is 0.293. The van der Waals surface area contributed by atoms with Crippen LogP contribution < -0.4 is 9.47 Å². The number of H-pyrrole nitrogens is 1. The summed E-state index contributed by atoms with van der Waals surface area (Å²) in [4.78, 5) is 26.4. The zero-order chi connectivity index (χ0) is 25.8. The normalized spacial score (nSPS) is 16.9. The van der Waals surface area contributed by atoms with E-state index < -0.39 is 28.1 Å². The second kappa shape index (κ2) is 8.47. The van der Waals surface area contributed by atoms with Crippen LogP contribution in [0.5, 0.6) is 11.6 Å². The van der Waals surface area contributed by atoms with Crippen LogP contribution in [0, 0.1) is 15.9 Å². The van der Waals surface area contributed by atoms with Gasteiger partial charge in [-0.05, 0) is 35.9 Å². The van der Waals surface area contributed by atoms with Crippen molar-refractivity contribution >= 4 is 34.1 Å². The van der Waals surface area contributed by atoms with Gasteiger partial charge in [0.15, 0.2) is 0 Å². The van der Waals surface area contributed by atoms with Crippen LogP contribution in [0.3, 0.4) is 0 Å². The Balaban J connectivity index is 1.83. The number of rotatable bonds is 6. The lowest BCUT2D eigenvalue weighted by Crippen LogP contribution is -2.44. The molecule has 1 atom stereocenters. The number of hydrogen-bond acceptors (Lipinski definition) is 7. The van der Waals surface area contributed by atoms with E-state index in [4.69, 9.17) is 21.1 Å². The number of methoxy groups -OCH3 is 2. The summed E-state index contributed by atoms with van der Waals surface area (Å²) in [6.45, 7) is -0.190. The van der Waals surface area contributed by atoms with Crippen LogP contribution in [0.15, 0.2) is 48.5 Å². The van der Waals surface area contributed by atoms with E-state index in [1.165, 1.54) is 20.3 Å². The largest absolute Gasteiger partial charge is 0.497 e. The van der Waals surface area contributed by atoms with Crippen LogP contribution >= 0.6 is 11.6 Å². The molecule has 1 aromatic heterocycles. The zero-order valence-electron chi connectivity index (χ0n) is 18.9. The van der Waals surface area contributed by atoms with Crippen LogP contribution in [0.25, 0.3) is 10.9 Å². The number of aliphatic hydroxyl groups is 1. The number of ether oxygens (including phenoxy) is 2. The van der Waals surface area contributed by atoms with Gasteiger partial charge in [-0.2, -0.15) is 0 Å². The van der Waals surface area contributed by atoms with Gasteiger partial charge >= 0.3 is 0 Å². The SMILES string of the molecule is COc1ccc(CN2C(=O)c3c(c([N+](=O)[O-])cc4c(OC)n[nH]c34)C2(O)c2cc(F)ccc2Cl)cc1. The van der Waals surface area contributed by atoms with Gasteiger partial charge in [0.05, 0.1) is 35.6 Å². The topological polar surface area (TPSA) is 131 Å². The molecule has 1 amide bonds. The summed E-state index contributed by atoms with van der Waals surface area (Å²) < 4.78 is 24.7. The fraction of sp³-hybridized carbons (Fsp3) is 0.167. The highest BCUT2D eigenvalue weighted by atomic mass is 35.5. The Kier molecular flexibility index (Phi) is 5.53. The molecule has 4 aromatic rings. The molecule has 1 unspecified atom stereocenters. The lowest BCUT2D eigenvalue weighted by Gasteiger charge is -2.35. The van der Waals surface area contributed by atoms with Crippen LogP contribution in [-0.4, -0.2) is 45.3 Å². The van der Waals surface area contributed by atoms with Gasteiger partial charge in [-0.3, -0.25) is 24.9 Å². The highest BCUT2D eigenvalue weighted by molar-refractivity contribution is 6.31. The van der Waals surface area contributed by atoms with Gasteiger partial charge in [0.2, 0.25) is 11.6 Å². The Morgan fingerprint density at radius 1 is 1.19 bits per heavy atom. The maximum Gasteiger partial charge on any atom is 0.279 e. The van der Waals surface area contributed by atoms with E-state index in [1.54, 1.807) is 24.3 Å². The second-order valence-electron chi connectivity index (χ2n) is 8.09. The summed E-state index contributed by atoms with van der Waals surface area (Å²) in [7, 11) is 2.83. The third-order valence-corrected chi connectivity index (χ3v) is 6.53. The molecule has 2 N–H and O–H groups in total. The lowest BCUT2D eigenvalue weighted by molar-refractivity contribution is -0.386. The van der Waals surface area contributed by atoms with Gasteiger partial charge in [-0.15, -0.1) is 5.10 Å². The molecule has 2 heterocycles. The number of aromatic amines is 1. The molecule has 1 aliphatic heterocycles. The summed E-state index contributed by atoms with van der Waals surface area (Å²) in [6.07, 6.45) is 0. The Morgan fingerprint density at radius 2 is 1.92 bits per heavy atom. The fourth-order valence-corrected chi connectivity index (χ4v) is 4.80. The fourth-order valence-electron chi connectivity index (χ4n) is 4.55. The first kappa shape index (κ1) is 23.5. The number of nitrogens with zero attached hydrogens (tertiary/aromatic N) is 3. The van der Waals surface area contributed by atoms with E-state index >= 15 is 0 Å². The number of aromatic nitrogens is 2. The molecule has 12 heteroatoms. The van der Waals surface area contributed by atoms with Crippen molar-refractivity contribution < 1.29 is 28.7 Å². The first-order valence-electron chi connectivity index (χ1n) is 10.6. The molecular weight excluding hydrogens is 495 g/mol. The first-order valence-corrected chi connectivity index (χ1v) is 10.9. The molecule has 0 fully saturated rings. The molecule has 184 valence electrons. The van der Waals surface area contributed by atoms with Crippen LogP contribution in [0.1, 0.15) is 27.0 Å². The predicted molar refractivity (Wildman–Crippen MR) is 127 cm³/mol. The van der Waals surface area contributed by atoms with Gasteiger partial charge in [-0.1, -0.05) is 23.7 Å². The number of nitrogens with one attached hydrogen (secondary N) is 1. The van der Waals surface area contributed by atoms with Gasteiger partial charge in [0, 0.05) is 23.2 Å². The van der Waals surface area contributed by atoms with E-state index in [0.717, 1.165) is 23.1 Å². The maximum absolute atomic E-state index is 14.4. The van der Waals surface area contributed by atoms with Crippen LogP contribution in [0.4, 0.5) is 10.1 Å². The number of carbonyl (C=O) groups excluding carboxylic acids is 1. The van der Waals surface area contributed by atoms with Crippen molar-refractivity contribution in [1.29, 1.82) is 0 Å². The minimum absolute atomic E-state index is 0.0321. The predicted octanol–water partition coefficient (Wildman–Crippen LogP) is 4.13. The van der Waals surface area contributed by atoms with E-state index in [-0.39, 0.29) is 45.0 Å². The van der Waals surface area contributed by atoms with Crippen LogP contribution in [0.2, 0.25) is 5.02 Å². The third-order valence-electron chi connectivity index (χ3n) is 6.20. The Labute approximate surface area is 208 Å². The number of carbonyl (C=O) groups is 1. The molecule has 3 aromatic carbocycles. The molecule has 0 radical (unpaired) electrons. The highest BCUT2D eigenvalue weighted by Gasteiger charge is 2.56. The van der Waals surface area contributed by atoms with Crippen molar-refractivity contribution in [3.8, 4) is 11.6 Å². The highest BCUT2D eigenvalue weighted by Crippen LogP contribution is 2.51. The molecule has 36 heavy (non-hydrogen) atoms. The number of amides is 1. The maximum atomic E-state index is 14.4. The Bertz CT molecular complexity index is 1540. The average Bonchev–Trinajstić information content (AvgIpc) is 3.38. The number of halogens is 2. The molecule has 5 rings (SSSR count). The second-order valence-corrected chi connectivity index (χ2v) is 8.50. The van der Waals surface area contributed by atoms with E-state index in [9.17, 15) is 24.4 Å². The van der Waals surface area contributed by atoms with E-state index in [2.05, 4.69) is 10.2 Å². The lowest BCUT2D eigenvalue weighted by atomic mass is 9.90. The monoisotopic (exact) mass is 512 g/mol. The number of nitro benzene ring substituents is 1. The Morgan fingerprint density at radius 3 is 2.56 bits per heavy atom. The molecule has 0 saturated carbocycles. The van der Waals surface area contributed by atoms with E-state index in [0.29, 0.717) is 11.3 Å². The summed E-state index contributed by atoms with van der Waals surface area (Å²) in [6, 6.07) is 11.1. The van der Waals surface area contributed by atoms with Gasteiger partial charge < -0.3 is 14.6 Å². The molecule has 0 bridgehead atoms. The zero-order valence-corrected chi connectivity index (χ0v) is 19.7. The minimum Gasteiger partial charge on any atom is -0.497 e. The third kappa shape index (κ3) is 3.35. The molecule has 1 aliphatic rings. The summed E-state index contributed by atoms with van der Waals surface area (Å²) >= 11 is 6.37. The number of benzene rings is 3. The smallest absolute Gasteiger partial charge is 0.279 e. The van der Waals surface area contributed by atoms with Gasteiger partial charge in [0.1, 0.15) is 17.1 Å². The standard InChI is InChI=1S/C24H18ClFN4O6/c1-35-14-6-3-12(4-7-14)11-29-23(31)19-20(24(29,32)16-9-13(26)5-8-17(16)25)18(30(33)34)10-15-21(19)27-28-22(15)36-2/h3-10,32H,11H2,1-2H3,(H,27,28). The Hall–Kier alpha value is -4.22. The summed E-state index contributed by atoms with van der Waals surface area (Å²) in [5.74, 6) is -0.895. The minimum atomic E-state index is -2.49. The molecule has 10 nitrogen and oxygen atoms in total. The van der Waals surface area contributed by atoms with Crippen LogP contribution in [-0.2, 0) is 12.3 Å². The molecule has 0 spiro atoms. The molecular formula is C24H18ClFN4O6. The molecule has 0 aliphatic carbocycles. The first-order chi connectivity index (χ1) is 17.2. The summed E-state index contributed by atoms with van der Waals surface area (Å²) in [5, 5.41) is 31.2. The number of nitro groups is 1. The van der Waals surface area contributed by atoms with E-state index in [1.807, 2.05) is 0 Å². The molecule has 0 saturated heterocycles. The van der Waals surface area contributed by atoms with Gasteiger partial charge in [0.25, 0.3) is 11.6 Å². The van der Waals surface area contributed by atoms with Crippen molar-refractivity contribution in [3.05, 3.63) is 91.7 Å². The number of fused-ring (bicyclic) bond motifs is 3. The van der Waals surface area contributed by atoms with Crippen molar-refractivity contribution in [2.75, 3.05) is 14.2 Å². The van der Waals surface area contributed by atoms with Crippen molar-refractivity contribution in [3.63, 3.8) is 0 Å². The number of hydrogen-bond donors (Lipinski definition) is 2. The summed E-state index contributed by atoms with van der Waals surface area (Å²) in [5.41, 5.74) is -3.13. The van der Waals surface area contributed by atoms with Crippen molar-refractivity contribution in [2.24, 2.45) is 0 Å².